The van der Waals surface area contributed by atoms with Crippen LogP contribution >= 0.6 is 11.3 Å². The van der Waals surface area contributed by atoms with Gasteiger partial charge in [0.2, 0.25) is 0 Å². The van der Waals surface area contributed by atoms with Gasteiger partial charge in [0, 0.05) is 43.6 Å². The van der Waals surface area contributed by atoms with Crippen LogP contribution in [0, 0.1) is 0 Å². The molecule has 6 heteroatoms. The maximum absolute atomic E-state index is 11.9. The number of hydrogen-bond acceptors (Lipinski definition) is 4. The van der Waals surface area contributed by atoms with Crippen molar-refractivity contribution in [3.63, 3.8) is 0 Å². The molecular weight excluding hydrogens is 274 g/mol. The van der Waals surface area contributed by atoms with Crippen LogP contribution < -0.4 is 5.32 Å². The highest BCUT2D eigenvalue weighted by Gasteiger charge is 2.23. The van der Waals surface area contributed by atoms with Crippen molar-refractivity contribution in [2.75, 3.05) is 32.7 Å². The van der Waals surface area contributed by atoms with Crippen molar-refractivity contribution in [2.24, 2.45) is 0 Å². The van der Waals surface area contributed by atoms with Gasteiger partial charge < -0.3 is 15.3 Å². The predicted molar refractivity (Wildman–Crippen MR) is 81.0 cm³/mol. The van der Waals surface area contributed by atoms with Crippen LogP contribution in [0.5, 0.6) is 0 Å². The number of hydrogen-bond donors (Lipinski definition) is 2. The molecule has 2 heterocycles. The van der Waals surface area contributed by atoms with Gasteiger partial charge in [-0.25, -0.2) is 4.79 Å². The number of urea groups is 1. The van der Waals surface area contributed by atoms with Crippen LogP contribution in [0.1, 0.15) is 24.8 Å². The molecule has 5 nitrogen and oxygen atoms in total. The Morgan fingerprint density at radius 1 is 1.40 bits per heavy atom. The van der Waals surface area contributed by atoms with Gasteiger partial charge >= 0.3 is 6.03 Å². The SMILES string of the molecule is CC(C)NC(=O)N1CCN(CC(O)c2cccs2)CC1. The van der Waals surface area contributed by atoms with E-state index in [9.17, 15) is 9.90 Å². The first-order chi connectivity index (χ1) is 9.56. The van der Waals surface area contributed by atoms with Crippen molar-refractivity contribution >= 4 is 17.4 Å². The molecule has 1 saturated heterocycles. The molecule has 2 rings (SSSR count). The Morgan fingerprint density at radius 3 is 2.65 bits per heavy atom. The summed E-state index contributed by atoms with van der Waals surface area (Å²) in [5, 5.41) is 15.0. The molecule has 1 aromatic rings. The molecule has 0 radical (unpaired) electrons. The maximum Gasteiger partial charge on any atom is 0.317 e. The van der Waals surface area contributed by atoms with Crippen LogP contribution in [-0.2, 0) is 0 Å². The van der Waals surface area contributed by atoms with E-state index in [2.05, 4.69) is 10.2 Å². The van der Waals surface area contributed by atoms with Crippen LogP contribution in [0.2, 0.25) is 0 Å². The molecular formula is C14H23N3O2S. The van der Waals surface area contributed by atoms with Crippen molar-refractivity contribution in [1.82, 2.24) is 15.1 Å². The highest BCUT2D eigenvalue weighted by atomic mass is 32.1. The fraction of sp³-hybridized carbons (Fsp3) is 0.643. The van der Waals surface area contributed by atoms with E-state index in [1.165, 1.54) is 0 Å². The van der Waals surface area contributed by atoms with E-state index in [0.29, 0.717) is 6.54 Å². The van der Waals surface area contributed by atoms with Crippen molar-refractivity contribution in [1.29, 1.82) is 0 Å². The Hall–Kier alpha value is -1.11. The zero-order valence-corrected chi connectivity index (χ0v) is 12.9. The first kappa shape index (κ1) is 15.3. The largest absolute Gasteiger partial charge is 0.386 e. The normalized spacial score (nSPS) is 18.3. The summed E-state index contributed by atoms with van der Waals surface area (Å²) in [5.41, 5.74) is 0. The van der Waals surface area contributed by atoms with Gasteiger partial charge in [-0.3, -0.25) is 4.90 Å². The Bertz CT molecular complexity index is 414. The molecule has 1 aromatic heterocycles. The molecule has 2 N–H and O–H groups in total. The van der Waals surface area contributed by atoms with Gasteiger partial charge in [-0.2, -0.15) is 0 Å². The molecule has 1 aliphatic rings. The number of aliphatic hydroxyl groups excluding tert-OH is 1. The standard InChI is InChI=1S/C14H23N3O2S/c1-11(2)15-14(19)17-7-5-16(6-8-17)10-12(18)13-4-3-9-20-13/h3-4,9,11-12,18H,5-8,10H2,1-2H3,(H,15,19). The molecule has 0 bridgehead atoms. The fourth-order valence-corrected chi connectivity index (χ4v) is 2.99. The first-order valence-corrected chi connectivity index (χ1v) is 7.93. The molecule has 1 aliphatic heterocycles. The topological polar surface area (TPSA) is 55.8 Å². The number of thiophene rings is 1. The third kappa shape index (κ3) is 4.19. The number of carbonyl (C=O) groups is 1. The molecule has 0 aliphatic carbocycles. The van der Waals surface area contributed by atoms with Gasteiger partial charge in [0.1, 0.15) is 6.10 Å². The molecule has 0 spiro atoms. The van der Waals surface area contributed by atoms with Crippen LogP contribution in [0.25, 0.3) is 0 Å². The first-order valence-electron chi connectivity index (χ1n) is 7.05. The van der Waals surface area contributed by atoms with E-state index in [-0.39, 0.29) is 12.1 Å². The van der Waals surface area contributed by atoms with Gasteiger partial charge in [0.15, 0.2) is 0 Å². The summed E-state index contributed by atoms with van der Waals surface area (Å²) in [5.74, 6) is 0. The smallest absolute Gasteiger partial charge is 0.317 e. The Labute approximate surface area is 124 Å². The van der Waals surface area contributed by atoms with E-state index in [4.69, 9.17) is 0 Å². The summed E-state index contributed by atoms with van der Waals surface area (Å²) < 4.78 is 0. The van der Waals surface area contributed by atoms with E-state index >= 15 is 0 Å². The minimum absolute atomic E-state index is 0.0125. The molecule has 20 heavy (non-hydrogen) atoms. The average molecular weight is 297 g/mol. The number of aliphatic hydroxyl groups is 1. The summed E-state index contributed by atoms with van der Waals surface area (Å²) in [6.45, 7) is 7.63. The van der Waals surface area contributed by atoms with Gasteiger partial charge in [-0.1, -0.05) is 6.07 Å². The van der Waals surface area contributed by atoms with Gasteiger partial charge in [-0.15, -0.1) is 11.3 Å². The van der Waals surface area contributed by atoms with E-state index in [0.717, 1.165) is 31.1 Å². The van der Waals surface area contributed by atoms with Gasteiger partial charge in [-0.05, 0) is 25.3 Å². The predicted octanol–water partition coefficient (Wildman–Crippen LogP) is 1.52. The lowest BCUT2D eigenvalue weighted by Crippen LogP contribution is -2.53. The fourth-order valence-electron chi connectivity index (χ4n) is 2.29. The molecule has 112 valence electrons. The number of rotatable bonds is 4. The lowest BCUT2D eigenvalue weighted by molar-refractivity contribution is 0.0823. The Morgan fingerprint density at radius 2 is 2.10 bits per heavy atom. The lowest BCUT2D eigenvalue weighted by atomic mass is 10.2. The summed E-state index contributed by atoms with van der Waals surface area (Å²) in [7, 11) is 0. The zero-order chi connectivity index (χ0) is 14.5. The summed E-state index contributed by atoms with van der Waals surface area (Å²) in [4.78, 5) is 16.9. The Kier molecular flexibility index (Phi) is 5.39. The molecule has 0 saturated carbocycles. The summed E-state index contributed by atoms with van der Waals surface area (Å²) >= 11 is 1.58. The zero-order valence-electron chi connectivity index (χ0n) is 12.1. The molecule has 2 amide bonds. The molecule has 1 fully saturated rings. The number of nitrogens with one attached hydrogen (secondary N) is 1. The third-order valence-electron chi connectivity index (χ3n) is 3.37. The maximum atomic E-state index is 11.9. The Balaban J connectivity index is 1.75. The van der Waals surface area contributed by atoms with Crippen LogP contribution in [0.3, 0.4) is 0 Å². The minimum Gasteiger partial charge on any atom is -0.386 e. The molecule has 1 unspecified atom stereocenters. The minimum atomic E-state index is -0.425. The second-order valence-electron chi connectivity index (χ2n) is 5.42. The monoisotopic (exact) mass is 297 g/mol. The van der Waals surface area contributed by atoms with Crippen LogP contribution in [-0.4, -0.2) is 59.7 Å². The number of carbonyl (C=O) groups excluding carboxylic acids is 1. The van der Waals surface area contributed by atoms with Crippen molar-refractivity contribution in [3.8, 4) is 0 Å². The number of nitrogens with zero attached hydrogens (tertiary/aromatic N) is 2. The average Bonchev–Trinajstić information content (AvgIpc) is 2.92. The second-order valence-corrected chi connectivity index (χ2v) is 6.40. The third-order valence-corrected chi connectivity index (χ3v) is 4.35. The molecule has 0 aromatic carbocycles. The molecule has 1 atom stereocenters. The highest BCUT2D eigenvalue weighted by molar-refractivity contribution is 7.10. The van der Waals surface area contributed by atoms with Crippen LogP contribution in [0.4, 0.5) is 4.79 Å². The number of amides is 2. The number of β-amino-alcohol motifs (C(OH)–C–C–N with tert-alkyl or cyclic N) is 1. The quantitative estimate of drug-likeness (QED) is 0.886. The van der Waals surface area contributed by atoms with Crippen molar-refractivity contribution in [3.05, 3.63) is 22.4 Å². The summed E-state index contributed by atoms with van der Waals surface area (Å²) in [6.07, 6.45) is -0.425. The van der Waals surface area contributed by atoms with Gasteiger partial charge in [0.25, 0.3) is 0 Å². The van der Waals surface area contributed by atoms with Gasteiger partial charge in [0.05, 0.1) is 0 Å². The highest BCUT2D eigenvalue weighted by Crippen LogP contribution is 2.20. The summed E-state index contributed by atoms with van der Waals surface area (Å²) in [6, 6.07) is 4.10. The van der Waals surface area contributed by atoms with Crippen molar-refractivity contribution < 1.29 is 9.90 Å². The van der Waals surface area contributed by atoms with E-state index in [1.807, 2.05) is 36.3 Å². The van der Waals surface area contributed by atoms with E-state index in [1.54, 1.807) is 11.3 Å². The van der Waals surface area contributed by atoms with Crippen molar-refractivity contribution in [2.45, 2.75) is 26.0 Å². The number of piperazine rings is 1. The lowest BCUT2D eigenvalue weighted by Gasteiger charge is -2.35. The van der Waals surface area contributed by atoms with E-state index < -0.39 is 6.10 Å². The van der Waals surface area contributed by atoms with Crippen LogP contribution in [0.15, 0.2) is 17.5 Å². The second kappa shape index (κ2) is 7.06.